The van der Waals surface area contributed by atoms with Crippen LogP contribution in [0.5, 0.6) is 0 Å². The molecule has 0 unspecified atom stereocenters. The highest BCUT2D eigenvalue weighted by Crippen LogP contribution is 2.27. The number of nitrogens with one attached hydrogen (secondary N) is 2. The van der Waals surface area contributed by atoms with Crippen molar-refractivity contribution in [1.29, 1.82) is 0 Å². The van der Waals surface area contributed by atoms with Gasteiger partial charge >= 0.3 is 0 Å². The van der Waals surface area contributed by atoms with Gasteiger partial charge in [-0.2, -0.15) is 0 Å². The van der Waals surface area contributed by atoms with Gasteiger partial charge in [0.2, 0.25) is 11.1 Å². The minimum Gasteiger partial charge on any atom is -0.370 e. The average molecular weight is 346 g/mol. The lowest BCUT2D eigenvalue weighted by molar-refractivity contribution is -0.113. The Morgan fingerprint density at radius 3 is 2.79 bits per heavy atom. The maximum atomic E-state index is 12.2. The number of carbonyl (C=O) groups excluding carboxylic acids is 1. The van der Waals surface area contributed by atoms with E-state index in [0.717, 1.165) is 42.1 Å². The van der Waals surface area contributed by atoms with Crippen LogP contribution in [0.4, 0.5) is 5.69 Å². The van der Waals surface area contributed by atoms with E-state index in [0.29, 0.717) is 5.16 Å². The lowest BCUT2D eigenvalue weighted by atomic mass is 10.1. The van der Waals surface area contributed by atoms with E-state index in [-0.39, 0.29) is 17.8 Å². The Labute approximate surface area is 145 Å². The fourth-order valence-corrected chi connectivity index (χ4v) is 3.55. The molecule has 0 radical (unpaired) electrons. The van der Waals surface area contributed by atoms with Crippen LogP contribution in [0.25, 0.3) is 0 Å². The second-order valence-corrected chi connectivity index (χ2v) is 7.06. The number of anilines is 1. The van der Waals surface area contributed by atoms with Crippen LogP contribution < -0.4 is 5.32 Å². The fourth-order valence-electron chi connectivity index (χ4n) is 2.94. The molecule has 3 rings (SSSR count). The van der Waals surface area contributed by atoms with Crippen LogP contribution in [-0.4, -0.2) is 33.4 Å². The van der Waals surface area contributed by atoms with Crippen LogP contribution >= 0.6 is 11.8 Å². The molecule has 1 atom stereocenters. The first-order valence-corrected chi connectivity index (χ1v) is 9.06. The number of benzene rings is 1. The van der Waals surface area contributed by atoms with Crippen LogP contribution in [0.2, 0.25) is 0 Å². The van der Waals surface area contributed by atoms with Crippen LogP contribution in [-0.2, 0) is 9.53 Å². The lowest BCUT2D eigenvalue weighted by Crippen LogP contribution is -2.16. The Morgan fingerprint density at radius 2 is 2.12 bits per heavy atom. The Kier molecular flexibility index (Phi) is 5.20. The molecule has 2 N–H and O–H groups in total. The van der Waals surface area contributed by atoms with Crippen molar-refractivity contribution in [2.45, 2.75) is 44.9 Å². The summed E-state index contributed by atoms with van der Waals surface area (Å²) in [4.78, 5) is 16.6. The van der Waals surface area contributed by atoms with Gasteiger partial charge in [0.15, 0.2) is 5.82 Å². The highest BCUT2D eigenvalue weighted by molar-refractivity contribution is 7.99. The van der Waals surface area contributed by atoms with Gasteiger partial charge in [-0.3, -0.25) is 9.89 Å². The number of rotatable bonds is 5. The Morgan fingerprint density at radius 1 is 1.38 bits per heavy atom. The van der Waals surface area contributed by atoms with E-state index < -0.39 is 0 Å². The predicted molar refractivity (Wildman–Crippen MR) is 94.3 cm³/mol. The molecule has 0 spiro atoms. The second-order valence-electron chi connectivity index (χ2n) is 6.12. The molecular weight excluding hydrogens is 324 g/mol. The van der Waals surface area contributed by atoms with Crippen molar-refractivity contribution < 1.29 is 9.53 Å². The Bertz CT molecular complexity index is 715. The maximum absolute atomic E-state index is 12.2. The van der Waals surface area contributed by atoms with Gasteiger partial charge in [-0.1, -0.05) is 29.5 Å². The normalized spacial score (nSPS) is 17.2. The van der Waals surface area contributed by atoms with E-state index in [1.54, 1.807) is 0 Å². The van der Waals surface area contributed by atoms with Crippen molar-refractivity contribution in [2.75, 3.05) is 17.7 Å². The number of H-pyrrole nitrogens is 1. The molecule has 1 amide bonds. The number of amides is 1. The largest absolute Gasteiger partial charge is 0.370 e. The molecule has 1 fully saturated rings. The molecule has 1 aromatic carbocycles. The number of aryl methyl sites for hydroxylation is 3. The number of aromatic amines is 1. The molecule has 1 aliphatic rings. The van der Waals surface area contributed by atoms with Crippen molar-refractivity contribution in [2.24, 2.45) is 0 Å². The van der Waals surface area contributed by atoms with Gasteiger partial charge < -0.3 is 10.1 Å². The van der Waals surface area contributed by atoms with Crippen molar-refractivity contribution in [3.05, 3.63) is 34.6 Å². The standard InChI is InChI=1S/C17H22N4O2S/c1-10-7-11(2)15(12(3)8-10)18-14(22)9-24-17-19-16(20-21-17)13-5-4-6-23-13/h7-8,13H,4-6,9H2,1-3H3,(H,18,22)(H,19,20,21)/t13-/m0/s1. The average Bonchev–Trinajstić information content (AvgIpc) is 3.19. The zero-order chi connectivity index (χ0) is 17.1. The van der Waals surface area contributed by atoms with Gasteiger partial charge in [0.1, 0.15) is 6.10 Å². The summed E-state index contributed by atoms with van der Waals surface area (Å²) >= 11 is 1.32. The lowest BCUT2D eigenvalue weighted by Gasteiger charge is -2.12. The smallest absolute Gasteiger partial charge is 0.234 e. The SMILES string of the molecule is Cc1cc(C)c(NC(=O)CSc2n[nH]c([C@@H]3CCCO3)n2)c(C)c1. The Balaban J connectivity index is 1.56. The molecule has 2 aromatic rings. The van der Waals surface area contributed by atoms with Gasteiger partial charge in [-0.05, 0) is 44.7 Å². The van der Waals surface area contributed by atoms with Crippen LogP contribution in [0.15, 0.2) is 17.3 Å². The molecule has 1 aliphatic heterocycles. The minimum absolute atomic E-state index is 0.0125. The molecule has 0 saturated carbocycles. The van der Waals surface area contributed by atoms with Gasteiger partial charge in [0, 0.05) is 12.3 Å². The van der Waals surface area contributed by atoms with Gasteiger partial charge in [0.05, 0.1) is 5.75 Å². The minimum atomic E-state index is -0.0569. The number of hydrogen-bond acceptors (Lipinski definition) is 5. The van der Waals surface area contributed by atoms with Gasteiger partial charge in [-0.25, -0.2) is 4.98 Å². The first-order chi connectivity index (χ1) is 11.5. The zero-order valence-corrected chi connectivity index (χ0v) is 15.0. The third kappa shape index (κ3) is 3.96. The first kappa shape index (κ1) is 17.0. The molecular formula is C17H22N4O2S. The van der Waals surface area contributed by atoms with E-state index in [1.165, 1.54) is 17.3 Å². The Hall–Kier alpha value is -1.86. The summed E-state index contributed by atoms with van der Waals surface area (Å²) in [6.45, 7) is 6.83. The number of ether oxygens (including phenoxy) is 1. The number of nitrogens with zero attached hydrogens (tertiary/aromatic N) is 2. The van der Waals surface area contributed by atoms with E-state index in [1.807, 2.05) is 13.8 Å². The molecule has 2 heterocycles. The molecule has 0 aliphatic carbocycles. The first-order valence-electron chi connectivity index (χ1n) is 8.07. The quantitative estimate of drug-likeness (QED) is 0.812. The van der Waals surface area contributed by atoms with Crippen molar-refractivity contribution in [3.8, 4) is 0 Å². The maximum Gasteiger partial charge on any atom is 0.234 e. The molecule has 6 nitrogen and oxygen atoms in total. The molecule has 128 valence electrons. The van der Waals surface area contributed by atoms with Crippen LogP contribution in [0, 0.1) is 20.8 Å². The molecule has 1 aromatic heterocycles. The van der Waals surface area contributed by atoms with Gasteiger partial charge in [0.25, 0.3) is 0 Å². The van der Waals surface area contributed by atoms with Crippen LogP contribution in [0.3, 0.4) is 0 Å². The number of hydrogen-bond donors (Lipinski definition) is 2. The number of aromatic nitrogens is 3. The summed E-state index contributed by atoms with van der Waals surface area (Å²) in [5, 5.41) is 10.6. The summed E-state index contributed by atoms with van der Waals surface area (Å²) < 4.78 is 5.57. The number of carbonyl (C=O) groups is 1. The summed E-state index contributed by atoms with van der Waals surface area (Å²) in [5.41, 5.74) is 4.23. The van der Waals surface area contributed by atoms with Crippen LogP contribution in [0.1, 0.15) is 41.5 Å². The highest BCUT2D eigenvalue weighted by Gasteiger charge is 2.21. The second kappa shape index (κ2) is 7.36. The number of thioether (sulfide) groups is 1. The van der Waals surface area contributed by atoms with E-state index in [9.17, 15) is 4.79 Å². The molecule has 7 heteroatoms. The summed E-state index contributed by atoms with van der Waals surface area (Å²) in [5.74, 6) is 0.967. The summed E-state index contributed by atoms with van der Waals surface area (Å²) in [6, 6.07) is 4.14. The third-order valence-electron chi connectivity index (χ3n) is 3.99. The zero-order valence-electron chi connectivity index (χ0n) is 14.2. The van der Waals surface area contributed by atoms with E-state index >= 15 is 0 Å². The monoisotopic (exact) mass is 346 g/mol. The highest BCUT2D eigenvalue weighted by atomic mass is 32.2. The van der Waals surface area contributed by atoms with E-state index in [4.69, 9.17) is 4.74 Å². The predicted octanol–water partition coefficient (Wildman–Crippen LogP) is 3.31. The van der Waals surface area contributed by atoms with E-state index in [2.05, 4.69) is 39.6 Å². The fraction of sp³-hybridized carbons (Fsp3) is 0.471. The molecule has 24 heavy (non-hydrogen) atoms. The summed E-state index contributed by atoms with van der Waals surface area (Å²) in [7, 11) is 0. The van der Waals surface area contributed by atoms with Gasteiger partial charge in [-0.15, -0.1) is 5.10 Å². The van der Waals surface area contributed by atoms with Crippen molar-refractivity contribution in [3.63, 3.8) is 0 Å². The summed E-state index contributed by atoms with van der Waals surface area (Å²) in [6.07, 6.45) is 2.02. The molecule has 1 saturated heterocycles. The topological polar surface area (TPSA) is 79.9 Å². The van der Waals surface area contributed by atoms with Crippen molar-refractivity contribution >= 4 is 23.4 Å². The molecule has 0 bridgehead atoms. The van der Waals surface area contributed by atoms with Crippen molar-refractivity contribution in [1.82, 2.24) is 15.2 Å². The third-order valence-corrected chi connectivity index (χ3v) is 4.84.